The molecule has 1 aliphatic heterocycles. The van der Waals surface area contributed by atoms with E-state index in [0.29, 0.717) is 12.4 Å². The molecule has 3 rings (SSSR count). The molecular weight excluding hydrogens is 386 g/mol. The molecule has 8 heteroatoms. The monoisotopic (exact) mass is 407 g/mol. The highest BCUT2D eigenvalue weighted by Crippen LogP contribution is 2.18. The van der Waals surface area contributed by atoms with E-state index in [4.69, 9.17) is 4.52 Å². The van der Waals surface area contributed by atoms with Crippen molar-refractivity contribution in [3.63, 3.8) is 0 Å². The highest BCUT2D eigenvalue weighted by molar-refractivity contribution is 9.10. The number of piperazine rings is 1. The van der Waals surface area contributed by atoms with Crippen molar-refractivity contribution in [2.45, 2.75) is 19.8 Å². The molecule has 1 saturated heterocycles. The van der Waals surface area contributed by atoms with Crippen molar-refractivity contribution in [2.24, 2.45) is 0 Å². The van der Waals surface area contributed by atoms with Gasteiger partial charge in [0.2, 0.25) is 11.8 Å². The Morgan fingerprint density at radius 3 is 2.68 bits per heavy atom. The van der Waals surface area contributed by atoms with Crippen LogP contribution >= 0.6 is 15.9 Å². The number of pyridine rings is 1. The topological polar surface area (TPSA) is 74.5 Å². The Balaban J connectivity index is 1.46. The largest absolute Gasteiger partial charge is 0.354 e. The molecule has 0 saturated carbocycles. The number of nitrogens with one attached hydrogen (secondary N) is 1. The lowest BCUT2D eigenvalue weighted by Gasteiger charge is -2.34. The molecule has 1 fully saturated rings. The second-order valence-corrected chi connectivity index (χ2v) is 7.33. The van der Waals surface area contributed by atoms with Gasteiger partial charge in [0, 0.05) is 42.9 Å². The minimum Gasteiger partial charge on any atom is -0.354 e. The Hall–Kier alpha value is -1.93. The summed E-state index contributed by atoms with van der Waals surface area (Å²) >= 11 is 3.40. The highest BCUT2D eigenvalue weighted by Gasteiger charge is 2.20. The van der Waals surface area contributed by atoms with Gasteiger partial charge in [-0.2, -0.15) is 0 Å². The lowest BCUT2D eigenvalue weighted by molar-refractivity contribution is -0.117. The van der Waals surface area contributed by atoms with Crippen molar-refractivity contribution in [2.75, 3.05) is 42.9 Å². The van der Waals surface area contributed by atoms with Gasteiger partial charge in [-0.1, -0.05) is 19.0 Å². The van der Waals surface area contributed by atoms with Crippen LogP contribution in [0.4, 0.5) is 11.7 Å². The highest BCUT2D eigenvalue weighted by atomic mass is 79.9. The minimum absolute atomic E-state index is 0.0818. The van der Waals surface area contributed by atoms with Crippen molar-refractivity contribution in [1.82, 2.24) is 15.0 Å². The quantitative estimate of drug-likeness (QED) is 0.820. The van der Waals surface area contributed by atoms with Crippen LogP contribution in [0.5, 0.6) is 0 Å². The zero-order chi connectivity index (χ0) is 17.8. The SMILES string of the molecule is CC(C)c1cc(NC(=O)CN2CCN(c3ccc(Br)cn3)CC2)on1. The first-order valence-electron chi connectivity index (χ1n) is 8.36. The van der Waals surface area contributed by atoms with Crippen LogP contribution in [0.15, 0.2) is 33.4 Å². The van der Waals surface area contributed by atoms with Crippen LogP contribution in [0.25, 0.3) is 0 Å². The summed E-state index contributed by atoms with van der Waals surface area (Å²) in [6, 6.07) is 5.77. The molecule has 2 aromatic heterocycles. The smallest absolute Gasteiger partial charge is 0.240 e. The van der Waals surface area contributed by atoms with Crippen LogP contribution in [0, 0.1) is 0 Å². The van der Waals surface area contributed by atoms with Crippen LogP contribution in [0.3, 0.4) is 0 Å². The Labute approximate surface area is 155 Å². The molecule has 2 aromatic rings. The van der Waals surface area contributed by atoms with E-state index in [1.165, 1.54) is 0 Å². The van der Waals surface area contributed by atoms with Crippen molar-refractivity contribution < 1.29 is 9.32 Å². The van der Waals surface area contributed by atoms with E-state index in [0.717, 1.165) is 42.2 Å². The summed E-state index contributed by atoms with van der Waals surface area (Å²) < 4.78 is 6.12. The second-order valence-electron chi connectivity index (χ2n) is 6.42. The van der Waals surface area contributed by atoms with Gasteiger partial charge in [-0.15, -0.1) is 0 Å². The molecule has 1 N–H and O–H groups in total. The molecular formula is C17H22BrN5O2. The second kappa shape index (κ2) is 7.97. The Kier molecular flexibility index (Phi) is 5.70. The van der Waals surface area contributed by atoms with Gasteiger partial charge < -0.3 is 9.42 Å². The predicted octanol–water partition coefficient (Wildman–Crippen LogP) is 2.72. The first-order valence-corrected chi connectivity index (χ1v) is 9.16. The molecule has 0 atom stereocenters. The third kappa shape index (κ3) is 4.79. The average Bonchev–Trinajstić information content (AvgIpc) is 3.05. The predicted molar refractivity (Wildman–Crippen MR) is 99.8 cm³/mol. The number of carbonyl (C=O) groups excluding carboxylic acids is 1. The average molecular weight is 408 g/mol. The number of hydrogen-bond donors (Lipinski definition) is 1. The number of amides is 1. The van der Waals surface area contributed by atoms with E-state index >= 15 is 0 Å². The van der Waals surface area contributed by atoms with Crippen molar-refractivity contribution >= 4 is 33.5 Å². The maximum atomic E-state index is 12.2. The lowest BCUT2D eigenvalue weighted by Crippen LogP contribution is -2.48. The summed E-state index contributed by atoms with van der Waals surface area (Å²) in [6.45, 7) is 7.74. The molecule has 1 amide bonds. The standard InChI is InChI=1S/C17H22BrN5O2/c1-12(2)14-9-17(25-21-14)20-16(24)11-22-5-7-23(8-6-22)15-4-3-13(18)10-19-15/h3-4,9-10,12H,5-8,11H2,1-2H3,(H,20,24). The van der Waals surface area contributed by atoms with E-state index in [9.17, 15) is 4.79 Å². The third-order valence-electron chi connectivity index (χ3n) is 4.16. The molecule has 0 bridgehead atoms. The van der Waals surface area contributed by atoms with Crippen molar-refractivity contribution in [3.8, 4) is 0 Å². The summed E-state index contributed by atoms with van der Waals surface area (Å²) in [4.78, 5) is 21.0. The van der Waals surface area contributed by atoms with Gasteiger partial charge in [-0.05, 0) is 34.0 Å². The van der Waals surface area contributed by atoms with Crippen LogP contribution in [0.2, 0.25) is 0 Å². The number of rotatable bonds is 5. The molecule has 0 radical (unpaired) electrons. The fourth-order valence-electron chi connectivity index (χ4n) is 2.69. The van der Waals surface area contributed by atoms with Gasteiger partial charge in [-0.25, -0.2) is 4.98 Å². The summed E-state index contributed by atoms with van der Waals surface area (Å²) in [5, 5.41) is 6.72. The van der Waals surface area contributed by atoms with Crippen LogP contribution in [0.1, 0.15) is 25.5 Å². The van der Waals surface area contributed by atoms with E-state index < -0.39 is 0 Å². The van der Waals surface area contributed by atoms with E-state index in [-0.39, 0.29) is 11.8 Å². The fraction of sp³-hybridized carbons (Fsp3) is 0.471. The first kappa shape index (κ1) is 17.9. The first-order chi connectivity index (χ1) is 12.0. The molecule has 0 aromatic carbocycles. The minimum atomic E-state index is -0.0818. The molecule has 25 heavy (non-hydrogen) atoms. The van der Waals surface area contributed by atoms with Crippen molar-refractivity contribution in [3.05, 3.63) is 34.6 Å². The Bertz CT molecular complexity index is 708. The van der Waals surface area contributed by atoms with Gasteiger partial charge >= 0.3 is 0 Å². The summed E-state index contributed by atoms with van der Waals surface area (Å²) in [5.41, 5.74) is 0.839. The molecule has 0 spiro atoms. The number of aromatic nitrogens is 2. The van der Waals surface area contributed by atoms with Gasteiger partial charge in [0.25, 0.3) is 0 Å². The maximum Gasteiger partial charge on any atom is 0.240 e. The third-order valence-corrected chi connectivity index (χ3v) is 4.63. The van der Waals surface area contributed by atoms with Gasteiger partial charge in [0.1, 0.15) is 5.82 Å². The Morgan fingerprint density at radius 2 is 2.08 bits per heavy atom. The molecule has 0 unspecified atom stereocenters. The van der Waals surface area contributed by atoms with Crippen LogP contribution < -0.4 is 10.2 Å². The number of hydrogen-bond acceptors (Lipinski definition) is 6. The van der Waals surface area contributed by atoms with Gasteiger partial charge in [0.05, 0.1) is 12.2 Å². The summed E-state index contributed by atoms with van der Waals surface area (Å²) in [7, 11) is 0. The molecule has 0 aliphatic carbocycles. The number of nitrogens with zero attached hydrogens (tertiary/aromatic N) is 4. The van der Waals surface area contributed by atoms with Crippen LogP contribution in [-0.2, 0) is 4.79 Å². The zero-order valence-electron chi connectivity index (χ0n) is 14.4. The van der Waals surface area contributed by atoms with Crippen LogP contribution in [-0.4, -0.2) is 53.7 Å². The normalized spacial score (nSPS) is 15.6. The summed E-state index contributed by atoms with van der Waals surface area (Å²) in [5.74, 6) is 1.57. The molecule has 134 valence electrons. The number of carbonyl (C=O) groups is 1. The number of anilines is 2. The lowest BCUT2D eigenvalue weighted by atomic mass is 10.1. The van der Waals surface area contributed by atoms with E-state index in [1.807, 2.05) is 26.0 Å². The zero-order valence-corrected chi connectivity index (χ0v) is 16.0. The van der Waals surface area contributed by atoms with E-state index in [2.05, 4.69) is 41.2 Å². The van der Waals surface area contributed by atoms with E-state index in [1.54, 1.807) is 12.3 Å². The van der Waals surface area contributed by atoms with Gasteiger partial charge in [0.15, 0.2) is 0 Å². The molecule has 3 heterocycles. The van der Waals surface area contributed by atoms with Crippen molar-refractivity contribution in [1.29, 1.82) is 0 Å². The maximum absolute atomic E-state index is 12.2. The molecule has 7 nitrogen and oxygen atoms in total. The fourth-order valence-corrected chi connectivity index (χ4v) is 2.92. The van der Waals surface area contributed by atoms with Gasteiger partial charge in [-0.3, -0.25) is 15.0 Å². The number of halogens is 1. The summed E-state index contributed by atoms with van der Waals surface area (Å²) in [6.07, 6.45) is 1.80. The Morgan fingerprint density at radius 1 is 1.32 bits per heavy atom. The molecule has 1 aliphatic rings.